The third kappa shape index (κ3) is 3.42. The SMILES string of the molecule is NC(=O)CC(N)C(=O)N1CCCC[C@@H]1C(=O)O. The fourth-order valence-corrected chi connectivity index (χ4v) is 1.97. The lowest BCUT2D eigenvalue weighted by atomic mass is 10.0. The van der Waals surface area contributed by atoms with Gasteiger partial charge in [0, 0.05) is 6.54 Å². The number of hydrogen-bond donors (Lipinski definition) is 3. The second kappa shape index (κ2) is 5.62. The summed E-state index contributed by atoms with van der Waals surface area (Å²) in [7, 11) is 0. The van der Waals surface area contributed by atoms with Crippen molar-refractivity contribution in [2.75, 3.05) is 6.54 Å². The van der Waals surface area contributed by atoms with E-state index in [-0.39, 0.29) is 6.42 Å². The van der Waals surface area contributed by atoms with E-state index in [1.165, 1.54) is 4.90 Å². The predicted molar refractivity (Wildman–Crippen MR) is 58.8 cm³/mol. The number of carbonyl (C=O) groups is 3. The Hall–Kier alpha value is -1.63. The van der Waals surface area contributed by atoms with Crippen LogP contribution >= 0.6 is 0 Å². The molecule has 1 unspecified atom stereocenters. The monoisotopic (exact) mass is 243 g/mol. The molecule has 2 amide bonds. The Kier molecular flexibility index (Phi) is 4.45. The number of nitrogens with zero attached hydrogens (tertiary/aromatic N) is 1. The zero-order valence-electron chi connectivity index (χ0n) is 9.46. The first-order valence-corrected chi connectivity index (χ1v) is 5.50. The molecule has 0 saturated carbocycles. The van der Waals surface area contributed by atoms with E-state index in [1.54, 1.807) is 0 Å². The van der Waals surface area contributed by atoms with E-state index < -0.39 is 29.9 Å². The van der Waals surface area contributed by atoms with Crippen LogP contribution in [-0.4, -0.2) is 46.4 Å². The third-order valence-corrected chi connectivity index (χ3v) is 2.81. The van der Waals surface area contributed by atoms with Gasteiger partial charge in [-0.2, -0.15) is 0 Å². The number of carbonyl (C=O) groups excluding carboxylic acids is 2. The molecule has 1 saturated heterocycles. The van der Waals surface area contributed by atoms with Crippen LogP contribution in [0.4, 0.5) is 0 Å². The molecule has 1 fully saturated rings. The lowest BCUT2D eigenvalue weighted by molar-refractivity contribution is -0.152. The van der Waals surface area contributed by atoms with Crippen molar-refractivity contribution in [2.45, 2.75) is 37.8 Å². The number of rotatable bonds is 4. The number of carboxylic acids is 1. The summed E-state index contributed by atoms with van der Waals surface area (Å²) in [6.45, 7) is 0.363. The average Bonchev–Trinajstić information content (AvgIpc) is 2.27. The summed E-state index contributed by atoms with van der Waals surface area (Å²) in [5.41, 5.74) is 10.5. The van der Waals surface area contributed by atoms with Gasteiger partial charge in [0.15, 0.2) is 0 Å². The number of likely N-dealkylation sites (tertiary alicyclic amines) is 1. The van der Waals surface area contributed by atoms with Crippen molar-refractivity contribution in [2.24, 2.45) is 11.5 Å². The first kappa shape index (κ1) is 13.4. The highest BCUT2D eigenvalue weighted by atomic mass is 16.4. The highest BCUT2D eigenvalue weighted by Crippen LogP contribution is 2.18. The normalized spacial score (nSPS) is 21.9. The van der Waals surface area contributed by atoms with Crippen molar-refractivity contribution in [3.63, 3.8) is 0 Å². The van der Waals surface area contributed by atoms with Crippen molar-refractivity contribution < 1.29 is 19.5 Å². The van der Waals surface area contributed by atoms with Crippen LogP contribution in [0.5, 0.6) is 0 Å². The van der Waals surface area contributed by atoms with Crippen LogP contribution < -0.4 is 11.5 Å². The molecule has 1 rings (SSSR count). The molecule has 1 aliphatic heterocycles. The smallest absolute Gasteiger partial charge is 0.326 e. The van der Waals surface area contributed by atoms with Crippen LogP contribution in [0.3, 0.4) is 0 Å². The standard InChI is InChI=1S/C10H17N3O4/c11-6(5-8(12)14)9(15)13-4-2-1-3-7(13)10(16)17/h6-7H,1-5,11H2,(H2,12,14)(H,16,17)/t6?,7-/m1/s1. The van der Waals surface area contributed by atoms with Gasteiger partial charge < -0.3 is 21.5 Å². The molecule has 0 spiro atoms. The van der Waals surface area contributed by atoms with E-state index >= 15 is 0 Å². The van der Waals surface area contributed by atoms with Gasteiger partial charge >= 0.3 is 5.97 Å². The molecule has 1 heterocycles. The first-order chi connectivity index (χ1) is 7.93. The lowest BCUT2D eigenvalue weighted by Crippen LogP contribution is -2.54. The van der Waals surface area contributed by atoms with Gasteiger partial charge in [0.2, 0.25) is 11.8 Å². The Morgan fingerprint density at radius 1 is 1.35 bits per heavy atom. The second-order valence-corrected chi connectivity index (χ2v) is 4.16. The van der Waals surface area contributed by atoms with Crippen LogP contribution in [-0.2, 0) is 14.4 Å². The molecule has 2 atom stereocenters. The van der Waals surface area contributed by atoms with Crippen LogP contribution in [0, 0.1) is 0 Å². The van der Waals surface area contributed by atoms with Gasteiger partial charge in [-0.05, 0) is 19.3 Å². The molecule has 5 N–H and O–H groups in total. The minimum absolute atomic E-state index is 0.262. The third-order valence-electron chi connectivity index (χ3n) is 2.81. The van der Waals surface area contributed by atoms with E-state index in [4.69, 9.17) is 16.6 Å². The van der Waals surface area contributed by atoms with Crippen LogP contribution in [0.1, 0.15) is 25.7 Å². The summed E-state index contributed by atoms with van der Waals surface area (Å²) < 4.78 is 0. The molecule has 17 heavy (non-hydrogen) atoms. The summed E-state index contributed by atoms with van der Waals surface area (Å²) in [5.74, 6) is -2.23. The molecular weight excluding hydrogens is 226 g/mol. The average molecular weight is 243 g/mol. The highest BCUT2D eigenvalue weighted by Gasteiger charge is 2.34. The summed E-state index contributed by atoms with van der Waals surface area (Å²) >= 11 is 0. The molecule has 0 aromatic rings. The van der Waals surface area contributed by atoms with Crippen molar-refractivity contribution in [3.8, 4) is 0 Å². The number of amides is 2. The first-order valence-electron chi connectivity index (χ1n) is 5.50. The fourth-order valence-electron chi connectivity index (χ4n) is 1.97. The van der Waals surface area contributed by atoms with Crippen molar-refractivity contribution in [1.82, 2.24) is 4.90 Å². The number of nitrogens with two attached hydrogens (primary N) is 2. The minimum Gasteiger partial charge on any atom is -0.480 e. The zero-order chi connectivity index (χ0) is 13.0. The van der Waals surface area contributed by atoms with Crippen molar-refractivity contribution in [3.05, 3.63) is 0 Å². The van der Waals surface area contributed by atoms with Crippen LogP contribution in [0.15, 0.2) is 0 Å². The summed E-state index contributed by atoms with van der Waals surface area (Å²) in [6.07, 6.45) is 1.68. The maximum Gasteiger partial charge on any atom is 0.326 e. The fraction of sp³-hybridized carbons (Fsp3) is 0.700. The Morgan fingerprint density at radius 3 is 2.53 bits per heavy atom. The number of aliphatic carboxylic acids is 1. The molecule has 0 aromatic heterocycles. The molecule has 7 nitrogen and oxygen atoms in total. The van der Waals surface area contributed by atoms with Gasteiger partial charge in [0.25, 0.3) is 0 Å². The Bertz CT molecular complexity index is 332. The van der Waals surface area contributed by atoms with E-state index in [9.17, 15) is 14.4 Å². The number of hydrogen-bond acceptors (Lipinski definition) is 4. The molecule has 0 aliphatic carbocycles. The molecule has 0 aromatic carbocycles. The molecule has 0 radical (unpaired) electrons. The zero-order valence-corrected chi connectivity index (χ0v) is 9.46. The van der Waals surface area contributed by atoms with Crippen molar-refractivity contribution in [1.29, 1.82) is 0 Å². The Labute approximate surface area is 98.7 Å². The topological polar surface area (TPSA) is 127 Å². The number of carboxylic acid groups (broad SMARTS) is 1. The second-order valence-electron chi connectivity index (χ2n) is 4.16. The maximum atomic E-state index is 11.9. The molecule has 0 bridgehead atoms. The van der Waals surface area contributed by atoms with Gasteiger partial charge in [-0.1, -0.05) is 0 Å². The molecule has 7 heteroatoms. The number of primary amides is 1. The minimum atomic E-state index is -1.05. The Balaban J connectivity index is 2.70. The molecule has 1 aliphatic rings. The lowest BCUT2D eigenvalue weighted by Gasteiger charge is -2.34. The molecule has 96 valence electrons. The maximum absolute atomic E-state index is 11.9. The summed E-state index contributed by atoms with van der Waals surface area (Å²) in [4.78, 5) is 34.8. The van der Waals surface area contributed by atoms with E-state index in [1.807, 2.05) is 0 Å². The van der Waals surface area contributed by atoms with Crippen LogP contribution in [0.2, 0.25) is 0 Å². The Morgan fingerprint density at radius 2 is 2.00 bits per heavy atom. The van der Waals surface area contributed by atoms with Crippen molar-refractivity contribution >= 4 is 17.8 Å². The molecular formula is C10H17N3O4. The van der Waals surface area contributed by atoms with Gasteiger partial charge in [-0.3, -0.25) is 9.59 Å². The quantitative estimate of drug-likeness (QED) is 0.563. The van der Waals surface area contributed by atoms with Gasteiger partial charge in [-0.25, -0.2) is 4.79 Å². The van der Waals surface area contributed by atoms with E-state index in [0.29, 0.717) is 13.0 Å². The highest BCUT2D eigenvalue weighted by molar-refractivity contribution is 5.90. The summed E-state index contributed by atoms with van der Waals surface area (Å²) in [6, 6.07) is -1.89. The largest absolute Gasteiger partial charge is 0.480 e. The van der Waals surface area contributed by atoms with Gasteiger partial charge in [-0.15, -0.1) is 0 Å². The van der Waals surface area contributed by atoms with E-state index in [0.717, 1.165) is 12.8 Å². The number of piperidine rings is 1. The summed E-state index contributed by atoms with van der Waals surface area (Å²) in [5, 5.41) is 8.99. The van der Waals surface area contributed by atoms with Crippen LogP contribution in [0.25, 0.3) is 0 Å². The van der Waals surface area contributed by atoms with Gasteiger partial charge in [0.1, 0.15) is 6.04 Å². The van der Waals surface area contributed by atoms with Gasteiger partial charge in [0.05, 0.1) is 12.5 Å². The van der Waals surface area contributed by atoms with E-state index in [2.05, 4.69) is 0 Å². The predicted octanol–water partition coefficient (Wildman–Crippen LogP) is -1.35.